The molecule has 1 N–H and O–H groups in total. The van der Waals surface area contributed by atoms with E-state index in [-0.39, 0.29) is 0 Å². The van der Waals surface area contributed by atoms with Crippen LogP contribution in [0.1, 0.15) is 62.8 Å². The van der Waals surface area contributed by atoms with Gasteiger partial charge >= 0.3 is 0 Å². The van der Waals surface area contributed by atoms with Crippen LogP contribution in [-0.2, 0) is 22.5 Å². The number of tetrazole rings is 1. The molecule has 2 aromatic rings. The van der Waals surface area contributed by atoms with Crippen LogP contribution in [0.4, 0.5) is 0 Å². The third-order valence-electron chi connectivity index (χ3n) is 6.34. The van der Waals surface area contributed by atoms with Gasteiger partial charge in [-0.05, 0) is 37.2 Å². The maximum Gasteiger partial charge on any atom is 0.174 e. The second kappa shape index (κ2) is 10.1. The molecule has 2 fully saturated rings. The molecule has 0 radical (unpaired) electrons. The summed E-state index contributed by atoms with van der Waals surface area (Å²) in [6, 6.07) is 10.5. The summed E-state index contributed by atoms with van der Waals surface area (Å²) in [6.45, 7) is 1.55. The first kappa shape index (κ1) is 19.5. The number of rotatable bonds is 12. The van der Waals surface area contributed by atoms with Crippen molar-refractivity contribution in [3.05, 3.63) is 41.7 Å². The average Bonchev–Trinajstić information content (AvgIpc) is 3.47. The molecule has 2 aliphatic rings. The fraction of sp³-hybridized carbons (Fsp3) is 0.682. The lowest BCUT2D eigenvalue weighted by Gasteiger charge is -2.28. The number of unbranched alkanes of at least 4 members (excludes halogenated alkanes) is 4. The molecule has 28 heavy (non-hydrogen) atoms. The summed E-state index contributed by atoms with van der Waals surface area (Å²) >= 11 is 0. The minimum absolute atomic E-state index is 0.431. The van der Waals surface area contributed by atoms with Gasteiger partial charge < -0.3 is 9.47 Å². The monoisotopic (exact) mass is 384 g/mol. The normalized spacial score (nSPS) is 26.1. The number of aryl methyl sites for hydroxylation is 1. The minimum Gasteiger partial charge on any atom is -0.376 e. The molecule has 6 heteroatoms. The lowest BCUT2D eigenvalue weighted by Crippen LogP contribution is -2.30. The molecule has 4 rings (SSSR count). The summed E-state index contributed by atoms with van der Waals surface area (Å²) in [7, 11) is 0. The first-order chi connectivity index (χ1) is 13.9. The van der Waals surface area contributed by atoms with Gasteiger partial charge in [-0.15, -0.1) is 10.2 Å². The Morgan fingerprint density at radius 2 is 1.75 bits per heavy atom. The molecular weight excluding hydrogens is 352 g/mol. The zero-order valence-electron chi connectivity index (χ0n) is 16.6. The highest BCUT2D eigenvalue weighted by molar-refractivity contribution is 5.13. The molecule has 6 nitrogen and oxygen atoms in total. The van der Waals surface area contributed by atoms with Crippen LogP contribution in [0.5, 0.6) is 0 Å². The summed E-state index contributed by atoms with van der Waals surface area (Å²) < 4.78 is 12.3. The van der Waals surface area contributed by atoms with Crippen LogP contribution >= 0.6 is 0 Å². The molecule has 2 saturated heterocycles. The molecule has 0 amide bonds. The quantitative estimate of drug-likeness (QED) is 0.558. The van der Waals surface area contributed by atoms with Crippen molar-refractivity contribution < 1.29 is 9.47 Å². The van der Waals surface area contributed by atoms with E-state index in [1.165, 1.54) is 50.5 Å². The molecule has 0 saturated carbocycles. The van der Waals surface area contributed by atoms with Crippen molar-refractivity contribution in [3.63, 3.8) is 0 Å². The van der Waals surface area contributed by atoms with Gasteiger partial charge in [0.25, 0.3) is 0 Å². The van der Waals surface area contributed by atoms with Crippen molar-refractivity contribution in [1.29, 1.82) is 0 Å². The van der Waals surface area contributed by atoms with E-state index in [4.69, 9.17) is 9.47 Å². The Hall–Kier alpha value is -1.79. The largest absolute Gasteiger partial charge is 0.376 e. The Bertz CT molecular complexity index is 679. The zero-order chi connectivity index (χ0) is 19.0. The molecule has 2 aliphatic heterocycles. The number of nitrogens with zero attached hydrogens (tertiary/aromatic N) is 3. The molecule has 0 spiro atoms. The maximum absolute atomic E-state index is 6.23. The fourth-order valence-corrected chi connectivity index (χ4v) is 4.87. The van der Waals surface area contributed by atoms with Crippen molar-refractivity contribution in [2.75, 3.05) is 6.61 Å². The minimum atomic E-state index is 0.431. The number of benzene rings is 1. The standard InChI is InChI=1S/C22H32N4O2/c1(3-8-12-22-23-25-26-24-22)2-7-11-18-19(21-14-13-20(18)28-21)16-27-15-17-9-5-4-6-10-17/h4-6,9-10,18-21H,1-3,7-8,11-16H2,(H,23,24,25,26)/t18-,19+,20-,21+/m0/s1. The van der Waals surface area contributed by atoms with Crippen LogP contribution in [0.15, 0.2) is 30.3 Å². The van der Waals surface area contributed by atoms with E-state index in [0.29, 0.717) is 30.7 Å². The van der Waals surface area contributed by atoms with Crippen LogP contribution in [0.2, 0.25) is 0 Å². The lowest BCUT2D eigenvalue weighted by molar-refractivity contribution is 0.0413. The number of H-pyrrole nitrogens is 1. The van der Waals surface area contributed by atoms with Gasteiger partial charge in [-0.1, -0.05) is 61.2 Å². The van der Waals surface area contributed by atoms with E-state index in [9.17, 15) is 0 Å². The van der Waals surface area contributed by atoms with Gasteiger partial charge in [-0.25, -0.2) is 0 Å². The second-order valence-electron chi connectivity index (χ2n) is 8.25. The highest BCUT2D eigenvalue weighted by Crippen LogP contribution is 2.45. The average molecular weight is 385 g/mol. The molecule has 0 unspecified atom stereocenters. The van der Waals surface area contributed by atoms with E-state index in [0.717, 1.165) is 25.3 Å². The summed E-state index contributed by atoms with van der Waals surface area (Å²) in [5.74, 6) is 2.10. The summed E-state index contributed by atoms with van der Waals surface area (Å²) in [6.07, 6.45) is 11.9. The van der Waals surface area contributed by atoms with Crippen LogP contribution < -0.4 is 0 Å². The molecule has 3 heterocycles. The number of nitrogens with one attached hydrogen (secondary N) is 1. The van der Waals surface area contributed by atoms with Gasteiger partial charge in [0.2, 0.25) is 0 Å². The molecule has 1 aromatic carbocycles. The van der Waals surface area contributed by atoms with Gasteiger partial charge in [-0.2, -0.15) is 5.21 Å². The Morgan fingerprint density at radius 3 is 2.57 bits per heavy atom. The van der Waals surface area contributed by atoms with E-state index < -0.39 is 0 Å². The van der Waals surface area contributed by atoms with Crippen molar-refractivity contribution in [3.8, 4) is 0 Å². The Morgan fingerprint density at radius 1 is 0.964 bits per heavy atom. The first-order valence-corrected chi connectivity index (χ1v) is 10.9. The van der Waals surface area contributed by atoms with Crippen molar-refractivity contribution >= 4 is 0 Å². The van der Waals surface area contributed by atoms with Gasteiger partial charge in [0.15, 0.2) is 5.82 Å². The maximum atomic E-state index is 6.23. The Labute approximate surface area is 167 Å². The van der Waals surface area contributed by atoms with Gasteiger partial charge in [-0.3, -0.25) is 0 Å². The highest BCUT2D eigenvalue weighted by atomic mass is 16.5. The van der Waals surface area contributed by atoms with Crippen LogP contribution in [0, 0.1) is 11.8 Å². The number of ether oxygens (including phenoxy) is 2. The molecular formula is C22H32N4O2. The third-order valence-corrected chi connectivity index (χ3v) is 6.34. The molecule has 2 bridgehead atoms. The van der Waals surface area contributed by atoms with Crippen molar-refractivity contribution in [1.82, 2.24) is 20.6 Å². The fourth-order valence-electron chi connectivity index (χ4n) is 4.87. The van der Waals surface area contributed by atoms with E-state index in [1.54, 1.807) is 0 Å². The second-order valence-corrected chi connectivity index (χ2v) is 8.25. The first-order valence-electron chi connectivity index (χ1n) is 10.9. The van der Waals surface area contributed by atoms with Crippen molar-refractivity contribution in [2.24, 2.45) is 11.8 Å². The van der Waals surface area contributed by atoms with Crippen LogP contribution in [-0.4, -0.2) is 39.4 Å². The summed E-state index contributed by atoms with van der Waals surface area (Å²) in [5.41, 5.74) is 1.25. The Balaban J connectivity index is 1.12. The zero-order valence-corrected chi connectivity index (χ0v) is 16.6. The van der Waals surface area contributed by atoms with E-state index >= 15 is 0 Å². The predicted octanol–water partition coefficient (Wildman–Crippen LogP) is 4.09. The predicted molar refractivity (Wildman–Crippen MR) is 107 cm³/mol. The number of aromatic amines is 1. The molecule has 4 atom stereocenters. The number of hydrogen-bond donors (Lipinski definition) is 1. The smallest absolute Gasteiger partial charge is 0.174 e. The Kier molecular flexibility index (Phi) is 7.06. The topological polar surface area (TPSA) is 72.9 Å². The van der Waals surface area contributed by atoms with Gasteiger partial charge in [0.1, 0.15) is 0 Å². The molecule has 1 aromatic heterocycles. The van der Waals surface area contributed by atoms with Crippen LogP contribution in [0.25, 0.3) is 0 Å². The van der Waals surface area contributed by atoms with Gasteiger partial charge in [0, 0.05) is 12.3 Å². The van der Waals surface area contributed by atoms with E-state index in [2.05, 4.69) is 51.0 Å². The van der Waals surface area contributed by atoms with Crippen molar-refractivity contribution in [2.45, 2.75) is 76.6 Å². The van der Waals surface area contributed by atoms with E-state index in [1.807, 2.05) is 0 Å². The number of aromatic nitrogens is 4. The lowest BCUT2D eigenvalue weighted by atomic mass is 9.77. The molecule has 0 aliphatic carbocycles. The summed E-state index contributed by atoms with van der Waals surface area (Å²) in [5, 5.41) is 14.1. The van der Waals surface area contributed by atoms with Crippen LogP contribution in [0.3, 0.4) is 0 Å². The third kappa shape index (κ3) is 5.17. The SMILES string of the molecule is c1ccc(COC[C@@H]2[C@H](CCCCCCCc3nn[nH]n3)[C@@H]3CC[C@H]2O3)cc1. The number of fused-ring (bicyclic) bond motifs is 2. The number of hydrogen-bond acceptors (Lipinski definition) is 5. The molecule has 152 valence electrons. The summed E-state index contributed by atoms with van der Waals surface area (Å²) in [4.78, 5) is 0. The van der Waals surface area contributed by atoms with Gasteiger partial charge in [0.05, 0.1) is 25.4 Å². The highest BCUT2D eigenvalue weighted by Gasteiger charge is 2.48.